The summed E-state index contributed by atoms with van der Waals surface area (Å²) in [4.78, 5) is 8.67. The second-order valence-electron chi connectivity index (χ2n) is 5.20. The van der Waals surface area contributed by atoms with E-state index in [2.05, 4.69) is 30.7 Å². The second kappa shape index (κ2) is 6.18. The van der Waals surface area contributed by atoms with Gasteiger partial charge in [0, 0.05) is 12.2 Å². The third-order valence-electron chi connectivity index (χ3n) is 2.63. The minimum atomic E-state index is -0.219. The van der Waals surface area contributed by atoms with Crippen molar-refractivity contribution in [1.29, 1.82) is 0 Å². The largest absolute Gasteiger partial charge is 0.370 e. The number of rotatable bonds is 4. The summed E-state index contributed by atoms with van der Waals surface area (Å²) in [5.74, 6) is 0.552. The summed E-state index contributed by atoms with van der Waals surface area (Å²) in [6.45, 7) is 10.7. The van der Waals surface area contributed by atoms with Gasteiger partial charge in [-0.05, 0) is 18.8 Å². The van der Waals surface area contributed by atoms with E-state index < -0.39 is 0 Å². The molecular formula is C13H20Cl2N2O. The van der Waals surface area contributed by atoms with Crippen molar-refractivity contribution < 1.29 is 4.74 Å². The smallest absolute Gasteiger partial charge is 0.161 e. The maximum absolute atomic E-state index is 6.14. The summed E-state index contributed by atoms with van der Waals surface area (Å²) in [5.41, 5.74) is 0.669. The number of halogens is 2. The average Bonchev–Trinajstić information content (AvgIpc) is 2.23. The molecule has 0 radical (unpaired) electrons. The maximum atomic E-state index is 6.14. The van der Waals surface area contributed by atoms with Crippen molar-refractivity contribution >= 4 is 23.2 Å². The van der Waals surface area contributed by atoms with E-state index in [-0.39, 0.29) is 11.5 Å². The molecule has 0 bridgehead atoms. The summed E-state index contributed by atoms with van der Waals surface area (Å²) >= 11 is 12.3. The molecule has 1 atom stereocenters. The molecule has 1 unspecified atom stereocenters. The van der Waals surface area contributed by atoms with Gasteiger partial charge in [-0.3, -0.25) is 0 Å². The van der Waals surface area contributed by atoms with Crippen molar-refractivity contribution in [1.82, 2.24) is 9.97 Å². The van der Waals surface area contributed by atoms with Crippen LogP contribution in [-0.4, -0.2) is 16.6 Å². The molecule has 0 amide bonds. The zero-order valence-corrected chi connectivity index (χ0v) is 13.1. The van der Waals surface area contributed by atoms with E-state index in [0.29, 0.717) is 29.2 Å². The highest BCUT2D eigenvalue weighted by Gasteiger charge is 2.30. The Morgan fingerprint density at radius 3 is 1.94 bits per heavy atom. The Morgan fingerprint density at radius 1 is 1.11 bits per heavy atom. The van der Waals surface area contributed by atoms with Crippen molar-refractivity contribution in [2.75, 3.05) is 6.61 Å². The molecule has 0 N–H and O–H groups in total. The van der Waals surface area contributed by atoms with Crippen LogP contribution in [0, 0.1) is 5.41 Å². The van der Waals surface area contributed by atoms with Gasteiger partial charge in [0.2, 0.25) is 0 Å². The molecule has 1 heterocycles. The standard InChI is InChI=1S/C13H20Cl2N2O/c1-6-8-10(14)16-12(17-11(8)15)9(18-7-2)13(3,4)5/h9H,6-7H2,1-5H3. The highest BCUT2D eigenvalue weighted by Crippen LogP contribution is 2.36. The number of ether oxygens (including phenoxy) is 1. The van der Waals surface area contributed by atoms with Gasteiger partial charge in [0.05, 0.1) is 0 Å². The lowest BCUT2D eigenvalue weighted by Gasteiger charge is -2.29. The van der Waals surface area contributed by atoms with Gasteiger partial charge in [-0.25, -0.2) is 9.97 Å². The zero-order chi connectivity index (χ0) is 13.9. The summed E-state index contributed by atoms with van der Waals surface area (Å²) < 4.78 is 5.73. The van der Waals surface area contributed by atoms with Crippen LogP contribution in [0.5, 0.6) is 0 Å². The van der Waals surface area contributed by atoms with Crippen LogP contribution >= 0.6 is 23.2 Å². The molecule has 1 aromatic rings. The van der Waals surface area contributed by atoms with Gasteiger partial charge in [0.25, 0.3) is 0 Å². The normalized spacial score (nSPS) is 13.7. The van der Waals surface area contributed by atoms with E-state index in [1.807, 2.05) is 13.8 Å². The Balaban J connectivity index is 3.22. The summed E-state index contributed by atoms with van der Waals surface area (Å²) in [6, 6.07) is 0. The SMILES string of the molecule is CCOC(c1nc(Cl)c(CC)c(Cl)n1)C(C)(C)C. The first-order chi connectivity index (χ1) is 8.31. The van der Waals surface area contributed by atoms with Gasteiger partial charge in [-0.2, -0.15) is 0 Å². The molecule has 0 aliphatic heterocycles. The Kier molecular flexibility index (Phi) is 5.38. The quantitative estimate of drug-likeness (QED) is 0.768. The van der Waals surface area contributed by atoms with Crippen LogP contribution in [0.2, 0.25) is 10.3 Å². The highest BCUT2D eigenvalue weighted by atomic mass is 35.5. The second-order valence-corrected chi connectivity index (χ2v) is 5.91. The minimum absolute atomic E-state index is 0.115. The predicted molar refractivity (Wildman–Crippen MR) is 75.3 cm³/mol. The van der Waals surface area contributed by atoms with Crippen molar-refractivity contribution in [3.63, 3.8) is 0 Å². The lowest BCUT2D eigenvalue weighted by molar-refractivity contribution is -0.0191. The Hall–Kier alpha value is -0.380. The summed E-state index contributed by atoms with van der Waals surface area (Å²) in [7, 11) is 0. The van der Waals surface area contributed by atoms with Gasteiger partial charge >= 0.3 is 0 Å². The number of nitrogens with zero attached hydrogens (tertiary/aromatic N) is 2. The Bertz CT molecular complexity index is 393. The lowest BCUT2D eigenvalue weighted by Crippen LogP contribution is -2.24. The first-order valence-electron chi connectivity index (χ1n) is 6.14. The molecule has 1 rings (SSSR count). The molecule has 0 fully saturated rings. The van der Waals surface area contributed by atoms with Crippen LogP contribution in [-0.2, 0) is 11.2 Å². The fourth-order valence-corrected chi connectivity index (χ4v) is 2.40. The van der Waals surface area contributed by atoms with E-state index in [4.69, 9.17) is 27.9 Å². The molecule has 3 nitrogen and oxygen atoms in total. The van der Waals surface area contributed by atoms with Crippen molar-refractivity contribution in [2.24, 2.45) is 5.41 Å². The Morgan fingerprint density at radius 2 is 1.61 bits per heavy atom. The predicted octanol–water partition coefficient (Wildman–Crippen LogP) is 4.47. The first-order valence-corrected chi connectivity index (χ1v) is 6.90. The molecule has 0 saturated carbocycles. The van der Waals surface area contributed by atoms with E-state index >= 15 is 0 Å². The molecular weight excluding hydrogens is 271 g/mol. The molecule has 5 heteroatoms. The van der Waals surface area contributed by atoms with E-state index in [9.17, 15) is 0 Å². The third-order valence-corrected chi connectivity index (χ3v) is 3.26. The molecule has 18 heavy (non-hydrogen) atoms. The minimum Gasteiger partial charge on any atom is -0.370 e. The molecule has 0 spiro atoms. The van der Waals surface area contributed by atoms with E-state index in [1.54, 1.807) is 0 Å². The summed E-state index contributed by atoms with van der Waals surface area (Å²) in [6.07, 6.45) is 0.496. The fourth-order valence-electron chi connectivity index (χ4n) is 1.73. The molecule has 0 aliphatic rings. The maximum Gasteiger partial charge on any atom is 0.161 e. The third kappa shape index (κ3) is 3.56. The molecule has 0 aliphatic carbocycles. The Labute approximate surface area is 119 Å². The number of aromatic nitrogens is 2. The fraction of sp³-hybridized carbons (Fsp3) is 0.692. The zero-order valence-electron chi connectivity index (χ0n) is 11.6. The van der Waals surface area contributed by atoms with Crippen LogP contribution in [0.25, 0.3) is 0 Å². The highest BCUT2D eigenvalue weighted by molar-refractivity contribution is 6.34. The topological polar surface area (TPSA) is 35.0 Å². The number of hydrogen-bond donors (Lipinski definition) is 0. The van der Waals surface area contributed by atoms with Gasteiger partial charge in [-0.1, -0.05) is 50.9 Å². The summed E-state index contributed by atoms with van der Waals surface area (Å²) in [5, 5.41) is 0.836. The molecule has 0 aromatic carbocycles. The van der Waals surface area contributed by atoms with Crippen LogP contribution < -0.4 is 0 Å². The van der Waals surface area contributed by atoms with Crippen LogP contribution in [0.1, 0.15) is 52.1 Å². The van der Waals surface area contributed by atoms with Gasteiger partial charge in [0.1, 0.15) is 16.4 Å². The first kappa shape index (κ1) is 15.7. The average molecular weight is 291 g/mol. The van der Waals surface area contributed by atoms with E-state index in [1.165, 1.54) is 0 Å². The van der Waals surface area contributed by atoms with Crippen LogP contribution in [0.3, 0.4) is 0 Å². The van der Waals surface area contributed by atoms with Crippen LogP contribution in [0.15, 0.2) is 0 Å². The number of hydrogen-bond acceptors (Lipinski definition) is 3. The van der Waals surface area contributed by atoms with Gasteiger partial charge < -0.3 is 4.74 Å². The van der Waals surface area contributed by atoms with Crippen molar-refractivity contribution in [3.05, 3.63) is 21.7 Å². The van der Waals surface area contributed by atoms with Crippen molar-refractivity contribution in [2.45, 2.75) is 47.1 Å². The van der Waals surface area contributed by atoms with E-state index in [0.717, 1.165) is 5.56 Å². The van der Waals surface area contributed by atoms with Gasteiger partial charge in [-0.15, -0.1) is 0 Å². The van der Waals surface area contributed by atoms with Crippen LogP contribution in [0.4, 0.5) is 0 Å². The van der Waals surface area contributed by atoms with Crippen molar-refractivity contribution in [3.8, 4) is 0 Å². The van der Waals surface area contributed by atoms with Gasteiger partial charge in [0.15, 0.2) is 5.82 Å². The molecule has 1 aromatic heterocycles. The molecule has 0 saturated heterocycles. The molecule has 102 valence electrons. The lowest BCUT2D eigenvalue weighted by atomic mass is 9.88. The monoisotopic (exact) mass is 290 g/mol.